The number of hydrogen-bond acceptors (Lipinski definition) is 2. The van der Waals surface area contributed by atoms with Crippen molar-refractivity contribution < 1.29 is 5.21 Å². The Morgan fingerprint density at radius 3 is 2.41 bits per heavy atom. The molecule has 0 aromatic heterocycles. The molecule has 3 heteroatoms. The van der Waals surface area contributed by atoms with E-state index in [-0.39, 0.29) is 17.0 Å². The van der Waals surface area contributed by atoms with Gasteiger partial charge in [0.15, 0.2) is 0 Å². The number of fused-ring (bicyclic) bond motifs is 1. The first kappa shape index (κ1) is 12.1. The Balaban J connectivity index is 0.00000108. The molecule has 88 valence electrons. The van der Waals surface area contributed by atoms with E-state index in [0.29, 0.717) is 0 Å². The minimum Gasteiger partial charge on any atom is -0.411 e. The summed E-state index contributed by atoms with van der Waals surface area (Å²) in [6.45, 7) is 0. The Kier molecular flexibility index (Phi) is 3.48. The van der Waals surface area contributed by atoms with Crippen LogP contribution in [0.4, 0.5) is 0 Å². The first-order valence-electron chi connectivity index (χ1n) is 5.59. The molecule has 0 unspecified atom stereocenters. The van der Waals surface area contributed by atoms with Crippen molar-refractivity contribution >= 4 is 34.0 Å². The summed E-state index contributed by atoms with van der Waals surface area (Å²) < 4.78 is 0. The number of halogens is 1. The Bertz CT molecular complexity index is 561. The molecular formula is C14H14BrNO. The van der Waals surface area contributed by atoms with Crippen LogP contribution >= 0.6 is 17.0 Å². The first-order chi connectivity index (χ1) is 7.90. The fraction of sp³-hybridized carbons (Fsp3) is 0.214. The number of rotatable bonds is 2. The monoisotopic (exact) mass is 291 g/mol. The minimum absolute atomic E-state index is 0. The predicted molar refractivity (Wildman–Crippen MR) is 75.6 cm³/mol. The summed E-state index contributed by atoms with van der Waals surface area (Å²) in [6, 6.07) is 12.5. The highest BCUT2D eigenvalue weighted by Gasteiger charge is 2.25. The second kappa shape index (κ2) is 4.88. The third-order valence-corrected chi connectivity index (χ3v) is 3.21. The molecule has 0 radical (unpaired) electrons. The molecule has 0 saturated heterocycles. The van der Waals surface area contributed by atoms with Crippen molar-refractivity contribution in [2.24, 2.45) is 5.16 Å². The van der Waals surface area contributed by atoms with Gasteiger partial charge in [0, 0.05) is 5.56 Å². The van der Waals surface area contributed by atoms with Gasteiger partial charge in [0.05, 0.1) is 6.21 Å². The van der Waals surface area contributed by atoms with Crippen molar-refractivity contribution in [3.05, 3.63) is 47.5 Å². The fourth-order valence-corrected chi connectivity index (χ4v) is 2.27. The maximum atomic E-state index is 8.64. The zero-order chi connectivity index (χ0) is 11.0. The first-order valence-corrected chi connectivity index (χ1v) is 5.59. The van der Waals surface area contributed by atoms with Gasteiger partial charge in [-0.05, 0) is 35.1 Å². The number of nitrogens with zero attached hydrogens (tertiary/aromatic N) is 1. The van der Waals surface area contributed by atoms with Crippen LogP contribution in [0.25, 0.3) is 10.8 Å². The van der Waals surface area contributed by atoms with Gasteiger partial charge < -0.3 is 5.21 Å². The van der Waals surface area contributed by atoms with Crippen LogP contribution in [-0.4, -0.2) is 11.4 Å². The Labute approximate surface area is 111 Å². The van der Waals surface area contributed by atoms with Crippen LogP contribution < -0.4 is 0 Å². The summed E-state index contributed by atoms with van der Waals surface area (Å²) in [4.78, 5) is 0. The lowest BCUT2D eigenvalue weighted by atomic mass is 9.97. The van der Waals surface area contributed by atoms with Gasteiger partial charge in [-0.2, -0.15) is 0 Å². The second-order valence-corrected chi connectivity index (χ2v) is 4.31. The van der Waals surface area contributed by atoms with Crippen molar-refractivity contribution in [3.63, 3.8) is 0 Å². The molecule has 0 spiro atoms. The summed E-state index contributed by atoms with van der Waals surface area (Å²) >= 11 is 0. The predicted octanol–water partition coefficient (Wildman–Crippen LogP) is 4.10. The van der Waals surface area contributed by atoms with Crippen LogP contribution in [0, 0.1) is 0 Å². The Morgan fingerprint density at radius 1 is 1.06 bits per heavy atom. The highest BCUT2D eigenvalue weighted by Crippen LogP contribution is 2.43. The molecule has 0 atom stereocenters. The zero-order valence-corrected chi connectivity index (χ0v) is 11.0. The van der Waals surface area contributed by atoms with Gasteiger partial charge in [0.1, 0.15) is 0 Å². The summed E-state index contributed by atoms with van der Waals surface area (Å²) in [5, 5.41) is 14.2. The van der Waals surface area contributed by atoms with E-state index in [2.05, 4.69) is 29.4 Å². The highest BCUT2D eigenvalue weighted by molar-refractivity contribution is 8.93. The summed E-state index contributed by atoms with van der Waals surface area (Å²) in [7, 11) is 0. The van der Waals surface area contributed by atoms with Crippen LogP contribution in [-0.2, 0) is 0 Å². The number of benzene rings is 2. The van der Waals surface area contributed by atoms with Crippen LogP contribution in [0.15, 0.2) is 41.6 Å². The molecule has 1 aliphatic carbocycles. The van der Waals surface area contributed by atoms with Crippen LogP contribution in [0.1, 0.15) is 29.9 Å². The van der Waals surface area contributed by atoms with Crippen molar-refractivity contribution in [2.75, 3.05) is 0 Å². The van der Waals surface area contributed by atoms with E-state index >= 15 is 0 Å². The topological polar surface area (TPSA) is 32.6 Å². The van der Waals surface area contributed by atoms with Gasteiger partial charge >= 0.3 is 0 Å². The molecule has 1 N–H and O–H groups in total. The quantitative estimate of drug-likeness (QED) is 0.504. The van der Waals surface area contributed by atoms with Gasteiger partial charge in [0.2, 0.25) is 0 Å². The summed E-state index contributed by atoms with van der Waals surface area (Å²) in [5.41, 5.74) is 2.41. The normalized spacial score (nSPS) is 15.1. The third kappa shape index (κ3) is 2.20. The van der Waals surface area contributed by atoms with Gasteiger partial charge in [0.25, 0.3) is 0 Å². The molecule has 2 aromatic carbocycles. The van der Waals surface area contributed by atoms with Gasteiger partial charge in [-0.1, -0.05) is 41.6 Å². The van der Waals surface area contributed by atoms with Crippen molar-refractivity contribution in [1.82, 2.24) is 0 Å². The van der Waals surface area contributed by atoms with Crippen LogP contribution in [0.5, 0.6) is 0 Å². The molecule has 2 nitrogen and oxygen atoms in total. The maximum absolute atomic E-state index is 8.64. The number of oxime groups is 1. The smallest absolute Gasteiger partial charge is 0.0740 e. The van der Waals surface area contributed by atoms with Crippen LogP contribution in [0.2, 0.25) is 0 Å². The molecule has 1 saturated carbocycles. The lowest BCUT2D eigenvalue weighted by molar-refractivity contribution is 0.322. The summed E-state index contributed by atoms with van der Waals surface area (Å²) in [5.74, 6) is 0.741. The molecule has 0 aliphatic heterocycles. The fourth-order valence-electron chi connectivity index (χ4n) is 2.27. The highest BCUT2D eigenvalue weighted by atomic mass is 79.9. The molecule has 3 rings (SSSR count). The molecule has 0 bridgehead atoms. The third-order valence-electron chi connectivity index (χ3n) is 3.21. The molecule has 0 heterocycles. The number of hydrogen-bond donors (Lipinski definition) is 1. The molecule has 1 fully saturated rings. The molecule has 1 aliphatic rings. The van der Waals surface area contributed by atoms with E-state index in [4.69, 9.17) is 5.21 Å². The van der Waals surface area contributed by atoms with Crippen molar-refractivity contribution in [2.45, 2.75) is 18.8 Å². The van der Waals surface area contributed by atoms with E-state index in [1.807, 2.05) is 12.1 Å². The zero-order valence-electron chi connectivity index (χ0n) is 9.34. The van der Waals surface area contributed by atoms with E-state index in [9.17, 15) is 0 Å². The minimum atomic E-state index is 0. The average Bonchev–Trinajstić information content (AvgIpc) is 3.14. The standard InChI is InChI=1S/C14H13NO.BrH/c16-15-9-11-7-8-13(10-5-6-10)14-4-2-1-3-12(11)14;/h1-4,7-10,16H,5-6H2;1H. The van der Waals surface area contributed by atoms with Crippen LogP contribution in [0.3, 0.4) is 0 Å². The van der Waals surface area contributed by atoms with Gasteiger partial charge in [-0.25, -0.2) is 0 Å². The largest absolute Gasteiger partial charge is 0.411 e. The molecule has 2 aromatic rings. The van der Waals surface area contributed by atoms with E-state index in [1.165, 1.54) is 35.4 Å². The summed E-state index contributed by atoms with van der Waals surface area (Å²) in [6.07, 6.45) is 4.11. The molecule has 0 amide bonds. The van der Waals surface area contributed by atoms with Crippen molar-refractivity contribution in [1.29, 1.82) is 0 Å². The van der Waals surface area contributed by atoms with E-state index in [0.717, 1.165) is 11.5 Å². The lowest BCUT2D eigenvalue weighted by Gasteiger charge is -2.07. The van der Waals surface area contributed by atoms with E-state index in [1.54, 1.807) is 0 Å². The average molecular weight is 292 g/mol. The molecular weight excluding hydrogens is 278 g/mol. The lowest BCUT2D eigenvalue weighted by Crippen LogP contribution is -1.89. The van der Waals surface area contributed by atoms with E-state index < -0.39 is 0 Å². The Hall–Kier alpha value is -1.35. The second-order valence-electron chi connectivity index (χ2n) is 4.31. The van der Waals surface area contributed by atoms with Gasteiger partial charge in [-0.15, -0.1) is 17.0 Å². The van der Waals surface area contributed by atoms with Gasteiger partial charge in [-0.3, -0.25) is 0 Å². The molecule has 17 heavy (non-hydrogen) atoms. The SMILES string of the molecule is Br.ON=Cc1ccc(C2CC2)c2ccccc12. The van der Waals surface area contributed by atoms with Crippen molar-refractivity contribution in [3.8, 4) is 0 Å². The maximum Gasteiger partial charge on any atom is 0.0740 e. The Morgan fingerprint density at radius 2 is 1.76 bits per heavy atom.